The van der Waals surface area contributed by atoms with Gasteiger partial charge in [0.05, 0.1) is 11.4 Å². The van der Waals surface area contributed by atoms with Gasteiger partial charge in [0.25, 0.3) is 0 Å². The van der Waals surface area contributed by atoms with Crippen molar-refractivity contribution in [2.45, 2.75) is 39.0 Å². The standard InChI is InChI=1S/C18H25NO2S/c1-6-14-19(15-8-7-13-18(3,4)5)22(20,21)17-11-9-16(2)10-12-17/h6,9-12H,1,13-15H2,2-5H3. The fourth-order valence-electron chi connectivity index (χ4n) is 1.72. The first-order valence-electron chi connectivity index (χ1n) is 7.30. The highest BCUT2D eigenvalue weighted by atomic mass is 32.2. The molecule has 1 rings (SSSR count). The lowest BCUT2D eigenvalue weighted by Gasteiger charge is -2.18. The van der Waals surface area contributed by atoms with Crippen LogP contribution in [0.5, 0.6) is 0 Å². The number of sulfonamides is 1. The molecule has 3 nitrogen and oxygen atoms in total. The van der Waals surface area contributed by atoms with Crippen LogP contribution in [0.15, 0.2) is 41.8 Å². The van der Waals surface area contributed by atoms with Crippen molar-refractivity contribution < 1.29 is 8.42 Å². The quantitative estimate of drug-likeness (QED) is 0.614. The van der Waals surface area contributed by atoms with Gasteiger partial charge in [-0.05, 0) is 24.5 Å². The van der Waals surface area contributed by atoms with Gasteiger partial charge >= 0.3 is 0 Å². The second-order valence-electron chi connectivity index (χ2n) is 6.49. The van der Waals surface area contributed by atoms with Gasteiger partial charge in [0.15, 0.2) is 0 Å². The minimum atomic E-state index is -3.54. The molecule has 0 aliphatic rings. The molecule has 0 fully saturated rings. The topological polar surface area (TPSA) is 37.4 Å². The molecule has 0 atom stereocenters. The second-order valence-corrected chi connectivity index (χ2v) is 8.43. The maximum Gasteiger partial charge on any atom is 0.244 e. The molecular weight excluding hydrogens is 294 g/mol. The van der Waals surface area contributed by atoms with Crippen LogP contribution in [0.1, 0.15) is 32.8 Å². The van der Waals surface area contributed by atoms with Crippen molar-refractivity contribution in [3.63, 3.8) is 0 Å². The van der Waals surface area contributed by atoms with Crippen LogP contribution in [0.3, 0.4) is 0 Å². The predicted molar refractivity (Wildman–Crippen MR) is 92.0 cm³/mol. The van der Waals surface area contributed by atoms with E-state index < -0.39 is 10.0 Å². The molecule has 4 heteroatoms. The Morgan fingerprint density at radius 2 is 1.77 bits per heavy atom. The Balaban J connectivity index is 2.94. The van der Waals surface area contributed by atoms with Crippen molar-refractivity contribution in [1.29, 1.82) is 0 Å². The molecule has 0 saturated carbocycles. The fourth-order valence-corrected chi connectivity index (χ4v) is 3.04. The molecule has 0 unspecified atom stereocenters. The van der Waals surface area contributed by atoms with E-state index >= 15 is 0 Å². The highest BCUT2D eigenvalue weighted by Crippen LogP contribution is 2.18. The molecule has 0 radical (unpaired) electrons. The molecule has 0 aliphatic carbocycles. The van der Waals surface area contributed by atoms with Gasteiger partial charge in [0, 0.05) is 13.0 Å². The minimum Gasteiger partial charge on any atom is -0.207 e. The first kappa shape index (κ1) is 18.5. The van der Waals surface area contributed by atoms with Crippen molar-refractivity contribution in [3.05, 3.63) is 42.5 Å². The van der Waals surface area contributed by atoms with Crippen molar-refractivity contribution in [3.8, 4) is 11.8 Å². The van der Waals surface area contributed by atoms with Crippen LogP contribution in [0, 0.1) is 24.2 Å². The summed E-state index contributed by atoms with van der Waals surface area (Å²) in [5.74, 6) is 6.02. The maximum absolute atomic E-state index is 12.6. The Labute approximate surface area is 135 Å². The molecule has 0 spiro atoms. The van der Waals surface area contributed by atoms with Crippen LogP contribution in [-0.2, 0) is 10.0 Å². The summed E-state index contributed by atoms with van der Waals surface area (Å²) in [6.45, 7) is 12.3. The van der Waals surface area contributed by atoms with E-state index in [1.807, 2.05) is 6.92 Å². The van der Waals surface area contributed by atoms with Gasteiger partial charge in [-0.1, -0.05) is 50.5 Å². The first-order valence-corrected chi connectivity index (χ1v) is 8.74. The van der Waals surface area contributed by atoms with Crippen molar-refractivity contribution in [2.75, 3.05) is 13.1 Å². The van der Waals surface area contributed by atoms with Crippen LogP contribution >= 0.6 is 0 Å². The molecule has 0 aliphatic heterocycles. The number of rotatable bonds is 5. The van der Waals surface area contributed by atoms with Crippen LogP contribution < -0.4 is 0 Å². The molecule has 0 bridgehead atoms. The Morgan fingerprint density at radius 1 is 1.18 bits per heavy atom. The predicted octanol–water partition coefficient (Wildman–Crippen LogP) is 3.61. The van der Waals surface area contributed by atoms with E-state index in [1.54, 1.807) is 30.3 Å². The lowest BCUT2D eigenvalue weighted by molar-refractivity contribution is 0.427. The molecule has 0 saturated heterocycles. The molecule has 1 aromatic carbocycles. The minimum absolute atomic E-state index is 0.117. The van der Waals surface area contributed by atoms with Gasteiger partial charge in [-0.3, -0.25) is 0 Å². The lowest BCUT2D eigenvalue weighted by Crippen LogP contribution is -2.31. The average Bonchev–Trinajstić information content (AvgIpc) is 2.41. The van der Waals surface area contributed by atoms with Gasteiger partial charge in [-0.2, -0.15) is 4.31 Å². The zero-order chi connectivity index (χ0) is 16.8. The zero-order valence-corrected chi connectivity index (χ0v) is 14.7. The molecule has 0 N–H and O–H groups in total. The summed E-state index contributed by atoms with van der Waals surface area (Å²) in [6, 6.07) is 6.85. The fraction of sp³-hybridized carbons (Fsp3) is 0.444. The number of nitrogens with zero attached hydrogens (tertiary/aromatic N) is 1. The number of hydrogen-bond donors (Lipinski definition) is 0. The van der Waals surface area contributed by atoms with Crippen LogP contribution in [0.25, 0.3) is 0 Å². The normalized spacial score (nSPS) is 11.9. The molecule has 1 aromatic rings. The summed E-state index contributed by atoms with van der Waals surface area (Å²) >= 11 is 0. The lowest BCUT2D eigenvalue weighted by atomic mass is 9.93. The van der Waals surface area contributed by atoms with Gasteiger partial charge in [-0.15, -0.1) is 12.5 Å². The Hall–Kier alpha value is -1.57. The van der Waals surface area contributed by atoms with E-state index in [2.05, 4.69) is 39.2 Å². The van der Waals surface area contributed by atoms with Gasteiger partial charge < -0.3 is 0 Å². The van der Waals surface area contributed by atoms with Crippen molar-refractivity contribution >= 4 is 10.0 Å². The molecular formula is C18H25NO2S. The van der Waals surface area contributed by atoms with E-state index in [4.69, 9.17) is 0 Å². The number of benzene rings is 1. The average molecular weight is 319 g/mol. The van der Waals surface area contributed by atoms with Gasteiger partial charge in [0.2, 0.25) is 10.0 Å². The highest BCUT2D eigenvalue weighted by molar-refractivity contribution is 7.89. The summed E-state index contributed by atoms with van der Waals surface area (Å²) in [5.41, 5.74) is 1.14. The maximum atomic E-state index is 12.6. The second kappa shape index (κ2) is 7.62. The summed E-state index contributed by atoms with van der Waals surface area (Å²) in [7, 11) is -3.54. The highest BCUT2D eigenvalue weighted by Gasteiger charge is 2.22. The molecule has 0 amide bonds. The van der Waals surface area contributed by atoms with Crippen LogP contribution in [0.4, 0.5) is 0 Å². The van der Waals surface area contributed by atoms with E-state index in [9.17, 15) is 8.42 Å². The first-order chi connectivity index (χ1) is 10.2. The zero-order valence-electron chi connectivity index (χ0n) is 13.9. The van der Waals surface area contributed by atoms with E-state index in [1.165, 1.54) is 4.31 Å². The molecule has 0 heterocycles. The largest absolute Gasteiger partial charge is 0.244 e. The van der Waals surface area contributed by atoms with E-state index in [0.717, 1.165) is 12.0 Å². The van der Waals surface area contributed by atoms with Crippen molar-refractivity contribution in [2.24, 2.45) is 5.41 Å². The third-order valence-electron chi connectivity index (χ3n) is 2.99. The number of aryl methyl sites for hydroxylation is 1. The van der Waals surface area contributed by atoms with Gasteiger partial charge in [0.1, 0.15) is 0 Å². The Morgan fingerprint density at radius 3 is 2.27 bits per heavy atom. The van der Waals surface area contributed by atoms with E-state index in [0.29, 0.717) is 0 Å². The molecule has 0 aromatic heterocycles. The Bertz CT molecular complexity index is 656. The van der Waals surface area contributed by atoms with Crippen LogP contribution in [-0.4, -0.2) is 25.8 Å². The van der Waals surface area contributed by atoms with Crippen LogP contribution in [0.2, 0.25) is 0 Å². The Kier molecular flexibility index (Phi) is 6.40. The summed E-state index contributed by atoms with van der Waals surface area (Å²) < 4.78 is 26.6. The summed E-state index contributed by atoms with van der Waals surface area (Å²) in [4.78, 5) is 0.289. The SMILES string of the molecule is C=CCN(CC#CCC(C)(C)C)S(=O)(=O)c1ccc(C)cc1. The molecule has 120 valence electrons. The van der Waals surface area contributed by atoms with Crippen molar-refractivity contribution in [1.82, 2.24) is 4.31 Å². The number of hydrogen-bond acceptors (Lipinski definition) is 2. The third kappa shape index (κ3) is 5.67. The summed E-state index contributed by atoms with van der Waals surface area (Å²) in [6.07, 6.45) is 2.32. The third-order valence-corrected chi connectivity index (χ3v) is 4.82. The summed E-state index contributed by atoms with van der Waals surface area (Å²) in [5, 5.41) is 0. The monoisotopic (exact) mass is 319 g/mol. The van der Waals surface area contributed by atoms with E-state index in [-0.39, 0.29) is 23.4 Å². The van der Waals surface area contributed by atoms with Gasteiger partial charge in [-0.25, -0.2) is 8.42 Å². The smallest absolute Gasteiger partial charge is 0.207 e. The molecule has 22 heavy (non-hydrogen) atoms.